The van der Waals surface area contributed by atoms with Crippen molar-refractivity contribution in [1.29, 1.82) is 0 Å². The molecule has 2 aliphatic heterocycles. The SMILES string of the molecule is C.CCOC(=O)C1CNCC1N1C(=O)c2ccccc2C(C(=O)NOCc2ccccc2)C1c1ccc(Cl)cc1Cl. The highest BCUT2D eigenvalue weighted by molar-refractivity contribution is 6.35. The summed E-state index contributed by atoms with van der Waals surface area (Å²) in [6, 6.07) is 20.0. The van der Waals surface area contributed by atoms with Crippen LogP contribution in [0.15, 0.2) is 72.8 Å². The van der Waals surface area contributed by atoms with Crippen molar-refractivity contribution < 1.29 is 24.0 Å². The summed E-state index contributed by atoms with van der Waals surface area (Å²) in [7, 11) is 0. The van der Waals surface area contributed by atoms with Crippen LogP contribution in [0.3, 0.4) is 0 Å². The van der Waals surface area contributed by atoms with Crippen molar-refractivity contribution in [2.75, 3.05) is 19.7 Å². The zero-order valence-corrected chi connectivity index (χ0v) is 23.3. The van der Waals surface area contributed by atoms with Crippen molar-refractivity contribution in [2.24, 2.45) is 5.92 Å². The molecule has 2 N–H and O–H groups in total. The Hall–Kier alpha value is -3.43. The van der Waals surface area contributed by atoms with E-state index in [0.717, 1.165) is 5.56 Å². The molecule has 2 heterocycles. The van der Waals surface area contributed by atoms with E-state index in [-0.39, 0.29) is 26.5 Å². The van der Waals surface area contributed by atoms with Gasteiger partial charge in [0, 0.05) is 28.7 Å². The number of nitrogens with one attached hydrogen (secondary N) is 2. The lowest BCUT2D eigenvalue weighted by atomic mass is 9.77. The van der Waals surface area contributed by atoms with E-state index < -0.39 is 35.8 Å². The lowest BCUT2D eigenvalue weighted by molar-refractivity contribution is -0.149. The monoisotopic (exact) mass is 597 g/mol. The van der Waals surface area contributed by atoms with Crippen LogP contribution in [0.1, 0.15) is 53.4 Å². The Labute approximate surface area is 249 Å². The number of amides is 2. The standard InChI is InChI=1S/C30H29Cl2N3O5.CH4/c1-2-39-30(38)23-15-33-16-25(23)35-27(22-13-12-19(31)14-24(22)32)26(20-10-6-7-11-21(20)29(35)37)28(36)34-40-17-18-8-4-3-5-9-18;/h3-14,23,25-27,33H,2,15-17H2,1H3,(H,34,36);1H4. The van der Waals surface area contributed by atoms with E-state index in [4.69, 9.17) is 32.8 Å². The van der Waals surface area contributed by atoms with Gasteiger partial charge in [0.2, 0.25) is 0 Å². The first-order valence-corrected chi connectivity index (χ1v) is 13.9. The topological polar surface area (TPSA) is 97.0 Å². The third-order valence-corrected chi connectivity index (χ3v) is 7.89. The predicted octanol–water partition coefficient (Wildman–Crippen LogP) is 5.31. The summed E-state index contributed by atoms with van der Waals surface area (Å²) in [6.07, 6.45) is 0. The molecule has 10 heteroatoms. The number of halogens is 2. The fourth-order valence-corrected chi connectivity index (χ4v) is 6.07. The number of hydrogen-bond acceptors (Lipinski definition) is 6. The van der Waals surface area contributed by atoms with Gasteiger partial charge in [0.25, 0.3) is 11.8 Å². The lowest BCUT2D eigenvalue weighted by Crippen LogP contribution is -2.54. The van der Waals surface area contributed by atoms with Crippen LogP contribution >= 0.6 is 23.2 Å². The highest BCUT2D eigenvalue weighted by Crippen LogP contribution is 2.47. The van der Waals surface area contributed by atoms with Gasteiger partial charge in [0.15, 0.2) is 0 Å². The van der Waals surface area contributed by atoms with Crippen LogP contribution < -0.4 is 10.8 Å². The normalized spacial score (nSPS) is 21.5. The molecule has 0 aliphatic carbocycles. The van der Waals surface area contributed by atoms with Crippen molar-refractivity contribution in [2.45, 2.75) is 39.0 Å². The van der Waals surface area contributed by atoms with E-state index in [1.807, 2.05) is 30.3 Å². The Balaban J connectivity index is 0.00000387. The van der Waals surface area contributed by atoms with Crippen LogP contribution in [0.5, 0.6) is 0 Å². The van der Waals surface area contributed by atoms with Gasteiger partial charge in [0.1, 0.15) is 0 Å². The van der Waals surface area contributed by atoms with Crippen LogP contribution in [-0.2, 0) is 25.8 Å². The molecule has 41 heavy (non-hydrogen) atoms. The molecule has 0 bridgehead atoms. The Morgan fingerprint density at radius 2 is 1.73 bits per heavy atom. The molecule has 0 aromatic heterocycles. The molecular weight excluding hydrogens is 565 g/mol. The summed E-state index contributed by atoms with van der Waals surface area (Å²) >= 11 is 12.9. The Kier molecular flexibility index (Phi) is 10.0. The number of carbonyl (C=O) groups excluding carboxylic acids is 3. The van der Waals surface area contributed by atoms with Gasteiger partial charge in [-0.15, -0.1) is 0 Å². The Morgan fingerprint density at radius 3 is 2.46 bits per heavy atom. The van der Waals surface area contributed by atoms with E-state index >= 15 is 0 Å². The van der Waals surface area contributed by atoms with E-state index in [9.17, 15) is 14.4 Å². The van der Waals surface area contributed by atoms with Crippen molar-refractivity contribution in [3.63, 3.8) is 0 Å². The molecular formula is C31H33Cl2N3O5. The molecule has 3 aromatic rings. The maximum absolute atomic E-state index is 14.2. The minimum absolute atomic E-state index is 0. The molecule has 2 aliphatic rings. The van der Waals surface area contributed by atoms with E-state index in [1.165, 1.54) is 0 Å². The number of esters is 1. The second-order valence-corrected chi connectivity index (χ2v) is 10.6. The molecule has 1 fully saturated rings. The van der Waals surface area contributed by atoms with Gasteiger partial charge in [-0.3, -0.25) is 19.2 Å². The molecule has 4 unspecified atom stereocenters. The second-order valence-electron chi connectivity index (χ2n) is 9.71. The van der Waals surface area contributed by atoms with Gasteiger partial charge < -0.3 is 15.0 Å². The zero-order valence-electron chi connectivity index (χ0n) is 21.8. The highest BCUT2D eigenvalue weighted by atomic mass is 35.5. The first kappa shape index (κ1) is 30.5. The van der Waals surface area contributed by atoms with Crippen LogP contribution in [0.25, 0.3) is 0 Å². The van der Waals surface area contributed by atoms with Crippen LogP contribution in [0, 0.1) is 5.92 Å². The zero-order chi connectivity index (χ0) is 28.2. The number of carbonyl (C=O) groups is 3. The number of hydrogen-bond donors (Lipinski definition) is 2. The third-order valence-electron chi connectivity index (χ3n) is 7.32. The molecule has 4 atom stereocenters. The van der Waals surface area contributed by atoms with E-state index in [2.05, 4.69) is 10.8 Å². The Morgan fingerprint density at radius 1 is 1.00 bits per heavy atom. The highest BCUT2D eigenvalue weighted by Gasteiger charge is 2.51. The van der Waals surface area contributed by atoms with Gasteiger partial charge in [0.05, 0.1) is 37.1 Å². The van der Waals surface area contributed by atoms with Crippen LogP contribution in [-0.4, -0.2) is 48.4 Å². The van der Waals surface area contributed by atoms with Crippen molar-refractivity contribution in [3.05, 3.63) is 105 Å². The third kappa shape index (κ3) is 6.26. The second kappa shape index (κ2) is 13.5. The molecule has 1 saturated heterocycles. The predicted molar refractivity (Wildman–Crippen MR) is 157 cm³/mol. The summed E-state index contributed by atoms with van der Waals surface area (Å²) in [5.74, 6) is -2.68. The lowest BCUT2D eigenvalue weighted by Gasteiger charge is -2.45. The fraction of sp³-hybridized carbons (Fsp3) is 0.323. The van der Waals surface area contributed by atoms with Crippen molar-refractivity contribution >= 4 is 41.0 Å². The summed E-state index contributed by atoms with van der Waals surface area (Å²) in [6.45, 7) is 2.80. The minimum Gasteiger partial charge on any atom is -0.466 e. The van der Waals surface area contributed by atoms with Crippen molar-refractivity contribution in [1.82, 2.24) is 15.7 Å². The van der Waals surface area contributed by atoms with Gasteiger partial charge in [-0.2, -0.15) is 0 Å². The molecule has 8 nitrogen and oxygen atoms in total. The minimum atomic E-state index is -0.896. The maximum Gasteiger partial charge on any atom is 0.312 e. The molecule has 0 saturated carbocycles. The van der Waals surface area contributed by atoms with Crippen LogP contribution in [0.2, 0.25) is 10.0 Å². The average molecular weight is 599 g/mol. The molecule has 2 amide bonds. The number of ether oxygens (including phenoxy) is 1. The van der Waals surface area contributed by atoms with Crippen LogP contribution in [0.4, 0.5) is 0 Å². The summed E-state index contributed by atoms with van der Waals surface area (Å²) < 4.78 is 5.34. The van der Waals surface area contributed by atoms with Crippen molar-refractivity contribution in [3.8, 4) is 0 Å². The number of hydroxylamine groups is 1. The Bertz CT molecular complexity index is 1400. The first-order chi connectivity index (χ1) is 19.4. The molecule has 3 aromatic carbocycles. The number of fused-ring (bicyclic) bond motifs is 1. The van der Waals surface area contributed by atoms with Gasteiger partial charge in [-0.1, -0.05) is 85.2 Å². The summed E-state index contributed by atoms with van der Waals surface area (Å²) in [5.41, 5.74) is 4.94. The number of benzene rings is 3. The van der Waals surface area contributed by atoms with E-state index in [0.29, 0.717) is 39.8 Å². The fourth-order valence-electron chi connectivity index (χ4n) is 5.55. The summed E-state index contributed by atoms with van der Waals surface area (Å²) in [4.78, 5) is 48.3. The number of rotatable bonds is 8. The first-order valence-electron chi connectivity index (χ1n) is 13.1. The van der Waals surface area contributed by atoms with Gasteiger partial charge in [-0.25, -0.2) is 5.48 Å². The van der Waals surface area contributed by atoms with E-state index in [1.54, 1.807) is 54.3 Å². The number of nitrogens with zero attached hydrogens (tertiary/aromatic N) is 1. The molecule has 216 valence electrons. The average Bonchev–Trinajstić information content (AvgIpc) is 3.43. The molecule has 0 spiro atoms. The van der Waals surface area contributed by atoms with Gasteiger partial charge in [-0.05, 0) is 41.8 Å². The maximum atomic E-state index is 14.2. The van der Waals surface area contributed by atoms with Gasteiger partial charge >= 0.3 is 5.97 Å². The molecule has 0 radical (unpaired) electrons. The molecule has 5 rings (SSSR count). The summed E-state index contributed by atoms with van der Waals surface area (Å²) in [5, 5.41) is 3.94. The smallest absolute Gasteiger partial charge is 0.312 e. The largest absolute Gasteiger partial charge is 0.466 e. The quantitative estimate of drug-likeness (QED) is 0.270.